The van der Waals surface area contributed by atoms with Crippen molar-refractivity contribution in [3.63, 3.8) is 0 Å². The Hall–Kier alpha value is -1.22. The SMILES string of the molecule is CCOc1ccc(C(=O)N(C)C(C)CCl)cc1. The van der Waals surface area contributed by atoms with Crippen LogP contribution in [0.2, 0.25) is 0 Å². The Bertz CT molecular complexity index is 364. The van der Waals surface area contributed by atoms with Gasteiger partial charge in [-0.15, -0.1) is 11.6 Å². The van der Waals surface area contributed by atoms with Crippen LogP contribution in [0.4, 0.5) is 0 Å². The van der Waals surface area contributed by atoms with Gasteiger partial charge in [-0.2, -0.15) is 0 Å². The summed E-state index contributed by atoms with van der Waals surface area (Å²) in [6.45, 7) is 4.46. The molecule has 1 aromatic rings. The number of carbonyl (C=O) groups excluding carboxylic acids is 1. The molecule has 0 aliphatic heterocycles. The molecule has 0 radical (unpaired) electrons. The summed E-state index contributed by atoms with van der Waals surface area (Å²) in [4.78, 5) is 13.7. The van der Waals surface area contributed by atoms with Gasteiger partial charge in [-0.3, -0.25) is 4.79 Å². The molecule has 0 spiro atoms. The fourth-order valence-corrected chi connectivity index (χ4v) is 1.57. The van der Waals surface area contributed by atoms with Crippen molar-refractivity contribution >= 4 is 17.5 Å². The highest BCUT2D eigenvalue weighted by Gasteiger charge is 2.16. The van der Waals surface area contributed by atoms with Crippen molar-refractivity contribution in [3.05, 3.63) is 29.8 Å². The van der Waals surface area contributed by atoms with Crippen LogP contribution in [-0.2, 0) is 0 Å². The highest BCUT2D eigenvalue weighted by molar-refractivity contribution is 6.18. The van der Waals surface area contributed by atoms with Crippen molar-refractivity contribution in [2.24, 2.45) is 0 Å². The number of hydrogen-bond acceptors (Lipinski definition) is 2. The summed E-state index contributed by atoms with van der Waals surface area (Å²) in [5.74, 6) is 1.18. The first-order valence-corrected chi connectivity index (χ1v) is 6.19. The molecule has 1 unspecified atom stereocenters. The standard InChI is InChI=1S/C13H18ClNO2/c1-4-17-12-7-5-11(6-8-12)13(16)15(3)10(2)9-14/h5-8,10H,4,9H2,1-3H3. The molecule has 17 heavy (non-hydrogen) atoms. The molecule has 0 fully saturated rings. The van der Waals surface area contributed by atoms with Crippen LogP contribution in [0.1, 0.15) is 24.2 Å². The number of hydrogen-bond donors (Lipinski definition) is 0. The number of ether oxygens (including phenoxy) is 1. The Morgan fingerprint density at radius 1 is 1.41 bits per heavy atom. The second kappa shape index (κ2) is 6.50. The normalized spacial score (nSPS) is 12.0. The molecule has 1 aromatic carbocycles. The van der Waals surface area contributed by atoms with E-state index in [-0.39, 0.29) is 11.9 Å². The first kappa shape index (κ1) is 13.8. The number of alkyl halides is 1. The third-order valence-electron chi connectivity index (χ3n) is 2.62. The molecule has 0 bridgehead atoms. The van der Waals surface area contributed by atoms with Gasteiger partial charge in [0.25, 0.3) is 5.91 Å². The molecular weight excluding hydrogens is 238 g/mol. The zero-order valence-corrected chi connectivity index (χ0v) is 11.2. The average Bonchev–Trinajstić information content (AvgIpc) is 2.37. The zero-order chi connectivity index (χ0) is 12.8. The van der Waals surface area contributed by atoms with Crippen LogP contribution in [0.3, 0.4) is 0 Å². The summed E-state index contributed by atoms with van der Waals surface area (Å²) >= 11 is 5.73. The molecule has 0 N–H and O–H groups in total. The van der Waals surface area contributed by atoms with E-state index in [4.69, 9.17) is 16.3 Å². The second-order valence-electron chi connectivity index (χ2n) is 3.88. The van der Waals surface area contributed by atoms with Crippen LogP contribution in [0.25, 0.3) is 0 Å². The van der Waals surface area contributed by atoms with E-state index in [1.807, 2.05) is 13.8 Å². The van der Waals surface area contributed by atoms with Gasteiger partial charge in [-0.1, -0.05) is 0 Å². The number of amides is 1. The molecule has 94 valence electrons. The largest absolute Gasteiger partial charge is 0.494 e. The summed E-state index contributed by atoms with van der Waals surface area (Å²) in [5, 5.41) is 0. The molecule has 1 rings (SSSR count). The van der Waals surface area contributed by atoms with E-state index in [2.05, 4.69) is 0 Å². The van der Waals surface area contributed by atoms with Gasteiger partial charge in [0.1, 0.15) is 5.75 Å². The lowest BCUT2D eigenvalue weighted by molar-refractivity contribution is 0.0756. The number of rotatable bonds is 5. The maximum Gasteiger partial charge on any atom is 0.253 e. The topological polar surface area (TPSA) is 29.5 Å². The van der Waals surface area contributed by atoms with Crippen LogP contribution in [0.5, 0.6) is 5.75 Å². The molecule has 0 aromatic heterocycles. The van der Waals surface area contributed by atoms with E-state index in [0.29, 0.717) is 18.1 Å². The minimum absolute atomic E-state index is 0.0238. The zero-order valence-electron chi connectivity index (χ0n) is 10.4. The van der Waals surface area contributed by atoms with Gasteiger partial charge in [0.2, 0.25) is 0 Å². The third kappa shape index (κ3) is 3.63. The van der Waals surface area contributed by atoms with Crippen molar-refractivity contribution in [1.29, 1.82) is 0 Å². The highest BCUT2D eigenvalue weighted by Crippen LogP contribution is 2.14. The Kier molecular flexibility index (Phi) is 5.29. The van der Waals surface area contributed by atoms with Crippen LogP contribution in [0.15, 0.2) is 24.3 Å². The number of benzene rings is 1. The van der Waals surface area contributed by atoms with Gasteiger partial charge in [0.05, 0.1) is 6.61 Å². The first-order chi connectivity index (χ1) is 8.10. The Labute approximate surface area is 107 Å². The summed E-state index contributed by atoms with van der Waals surface area (Å²) < 4.78 is 5.32. The third-order valence-corrected chi connectivity index (χ3v) is 3.06. The van der Waals surface area contributed by atoms with Crippen molar-refractivity contribution in [3.8, 4) is 5.75 Å². The molecule has 3 nitrogen and oxygen atoms in total. The van der Waals surface area contributed by atoms with Gasteiger partial charge >= 0.3 is 0 Å². The maximum atomic E-state index is 12.0. The molecular formula is C13H18ClNO2. The lowest BCUT2D eigenvalue weighted by atomic mass is 10.2. The summed E-state index contributed by atoms with van der Waals surface area (Å²) in [7, 11) is 1.76. The fraction of sp³-hybridized carbons (Fsp3) is 0.462. The molecule has 0 aliphatic rings. The molecule has 0 saturated carbocycles. The van der Waals surface area contributed by atoms with E-state index >= 15 is 0 Å². The van der Waals surface area contributed by atoms with E-state index in [1.165, 1.54) is 0 Å². The molecule has 4 heteroatoms. The van der Waals surface area contributed by atoms with Crippen LogP contribution in [0, 0.1) is 0 Å². The van der Waals surface area contributed by atoms with Crippen molar-refractivity contribution in [1.82, 2.24) is 4.90 Å². The van der Waals surface area contributed by atoms with E-state index in [9.17, 15) is 4.79 Å². The van der Waals surface area contributed by atoms with Crippen molar-refractivity contribution in [2.75, 3.05) is 19.5 Å². The van der Waals surface area contributed by atoms with E-state index in [1.54, 1.807) is 36.2 Å². The molecule has 0 saturated heterocycles. The van der Waals surface area contributed by atoms with Gasteiger partial charge in [0, 0.05) is 24.5 Å². The van der Waals surface area contributed by atoms with Crippen LogP contribution in [-0.4, -0.2) is 36.4 Å². The molecule has 0 heterocycles. The van der Waals surface area contributed by atoms with Gasteiger partial charge < -0.3 is 9.64 Å². The smallest absolute Gasteiger partial charge is 0.253 e. The average molecular weight is 256 g/mol. The van der Waals surface area contributed by atoms with Crippen LogP contribution >= 0.6 is 11.6 Å². The van der Waals surface area contributed by atoms with Gasteiger partial charge in [-0.05, 0) is 38.1 Å². The Morgan fingerprint density at radius 3 is 2.47 bits per heavy atom. The van der Waals surface area contributed by atoms with Gasteiger partial charge in [-0.25, -0.2) is 0 Å². The number of nitrogens with zero attached hydrogens (tertiary/aromatic N) is 1. The van der Waals surface area contributed by atoms with Gasteiger partial charge in [0.15, 0.2) is 0 Å². The predicted molar refractivity (Wildman–Crippen MR) is 69.9 cm³/mol. The van der Waals surface area contributed by atoms with Crippen molar-refractivity contribution in [2.45, 2.75) is 19.9 Å². The Morgan fingerprint density at radius 2 is 2.00 bits per heavy atom. The number of halogens is 1. The minimum Gasteiger partial charge on any atom is -0.494 e. The monoisotopic (exact) mass is 255 g/mol. The molecule has 0 aliphatic carbocycles. The maximum absolute atomic E-state index is 12.0. The molecule has 1 amide bonds. The van der Waals surface area contributed by atoms with E-state index in [0.717, 1.165) is 5.75 Å². The minimum atomic E-state index is -0.0267. The summed E-state index contributed by atoms with van der Waals surface area (Å²) in [6.07, 6.45) is 0. The highest BCUT2D eigenvalue weighted by atomic mass is 35.5. The number of carbonyl (C=O) groups is 1. The lowest BCUT2D eigenvalue weighted by Gasteiger charge is -2.23. The second-order valence-corrected chi connectivity index (χ2v) is 4.19. The fourth-order valence-electron chi connectivity index (χ4n) is 1.37. The summed E-state index contributed by atoms with van der Waals surface area (Å²) in [6, 6.07) is 7.16. The Balaban J connectivity index is 2.75. The summed E-state index contributed by atoms with van der Waals surface area (Å²) in [5.41, 5.74) is 0.646. The van der Waals surface area contributed by atoms with Crippen LogP contribution < -0.4 is 4.74 Å². The van der Waals surface area contributed by atoms with Crippen molar-refractivity contribution < 1.29 is 9.53 Å². The molecule has 1 atom stereocenters. The first-order valence-electron chi connectivity index (χ1n) is 5.66. The lowest BCUT2D eigenvalue weighted by Crippen LogP contribution is -2.36. The predicted octanol–water partition coefficient (Wildman–Crippen LogP) is 2.78. The quantitative estimate of drug-likeness (QED) is 0.758. The van der Waals surface area contributed by atoms with E-state index < -0.39 is 0 Å².